The maximum absolute atomic E-state index is 11.8. The topological polar surface area (TPSA) is 80.9 Å². The average Bonchev–Trinajstić information content (AvgIpc) is 2.26. The SMILES string of the molecule is CC(c1ccc(Cl)cc1Cl)n1c(N)cc(=O)[nH]c1=O. The van der Waals surface area contributed by atoms with E-state index < -0.39 is 17.3 Å². The minimum absolute atomic E-state index is 0.0762. The Morgan fingerprint density at radius 2 is 1.95 bits per heavy atom. The van der Waals surface area contributed by atoms with E-state index >= 15 is 0 Å². The highest BCUT2D eigenvalue weighted by Gasteiger charge is 2.16. The van der Waals surface area contributed by atoms with Gasteiger partial charge in [0.25, 0.3) is 5.56 Å². The van der Waals surface area contributed by atoms with Crippen molar-refractivity contribution in [2.75, 3.05) is 5.73 Å². The summed E-state index contributed by atoms with van der Waals surface area (Å²) in [5.74, 6) is 0.0762. The number of nitrogens with zero attached hydrogens (tertiary/aromatic N) is 1. The van der Waals surface area contributed by atoms with Crippen LogP contribution < -0.4 is 17.0 Å². The minimum atomic E-state index is -0.580. The van der Waals surface area contributed by atoms with Crippen molar-refractivity contribution in [1.82, 2.24) is 9.55 Å². The molecule has 1 unspecified atom stereocenters. The molecule has 0 amide bonds. The number of halogens is 2. The summed E-state index contributed by atoms with van der Waals surface area (Å²) >= 11 is 11.9. The normalized spacial score (nSPS) is 12.4. The Morgan fingerprint density at radius 1 is 1.26 bits per heavy atom. The fourth-order valence-electron chi connectivity index (χ4n) is 1.90. The van der Waals surface area contributed by atoms with E-state index in [1.165, 1.54) is 4.57 Å². The highest BCUT2D eigenvalue weighted by atomic mass is 35.5. The third kappa shape index (κ3) is 2.67. The average molecular weight is 300 g/mol. The number of aromatic amines is 1. The van der Waals surface area contributed by atoms with Gasteiger partial charge in [-0.2, -0.15) is 0 Å². The van der Waals surface area contributed by atoms with E-state index in [2.05, 4.69) is 4.98 Å². The van der Waals surface area contributed by atoms with Gasteiger partial charge in [-0.05, 0) is 24.6 Å². The Hall–Kier alpha value is -1.72. The van der Waals surface area contributed by atoms with Crippen LogP contribution in [0.4, 0.5) is 5.82 Å². The number of hydrogen-bond acceptors (Lipinski definition) is 3. The van der Waals surface area contributed by atoms with Gasteiger partial charge < -0.3 is 5.73 Å². The second-order valence-corrected chi connectivity index (χ2v) is 4.92. The first-order valence-electron chi connectivity index (χ1n) is 5.46. The molecule has 0 aliphatic heterocycles. The first kappa shape index (κ1) is 13.7. The van der Waals surface area contributed by atoms with E-state index in [1.807, 2.05) is 0 Å². The largest absolute Gasteiger partial charge is 0.385 e. The molecule has 0 aliphatic rings. The molecule has 1 aromatic heterocycles. The summed E-state index contributed by atoms with van der Waals surface area (Å²) in [6, 6.07) is 5.70. The van der Waals surface area contributed by atoms with Crippen LogP contribution in [-0.2, 0) is 0 Å². The van der Waals surface area contributed by atoms with E-state index in [-0.39, 0.29) is 5.82 Å². The lowest BCUT2D eigenvalue weighted by atomic mass is 10.1. The summed E-state index contributed by atoms with van der Waals surface area (Å²) in [4.78, 5) is 25.1. The molecule has 0 bridgehead atoms. The van der Waals surface area contributed by atoms with Gasteiger partial charge in [-0.25, -0.2) is 4.79 Å². The van der Waals surface area contributed by atoms with Crippen LogP contribution in [0.5, 0.6) is 0 Å². The quantitative estimate of drug-likeness (QED) is 0.890. The fraction of sp³-hybridized carbons (Fsp3) is 0.167. The Bertz CT molecular complexity index is 736. The zero-order valence-corrected chi connectivity index (χ0v) is 11.5. The predicted octanol–water partition coefficient (Wildman–Crippen LogP) is 2.03. The number of benzene rings is 1. The molecular weight excluding hydrogens is 289 g/mol. The molecule has 3 N–H and O–H groups in total. The number of nitrogens with two attached hydrogens (primary N) is 1. The number of rotatable bonds is 2. The Balaban J connectivity index is 2.59. The summed E-state index contributed by atoms with van der Waals surface area (Å²) in [6.45, 7) is 1.76. The van der Waals surface area contributed by atoms with Crippen molar-refractivity contribution in [3.05, 3.63) is 60.7 Å². The molecule has 0 spiro atoms. The molecular formula is C12H11Cl2N3O2. The molecule has 5 nitrogen and oxygen atoms in total. The summed E-state index contributed by atoms with van der Waals surface area (Å²) in [6.07, 6.45) is 0. The van der Waals surface area contributed by atoms with Gasteiger partial charge in [-0.1, -0.05) is 29.3 Å². The summed E-state index contributed by atoms with van der Waals surface area (Å²) < 4.78 is 1.26. The van der Waals surface area contributed by atoms with Crippen LogP contribution in [0, 0.1) is 0 Å². The van der Waals surface area contributed by atoms with Crippen molar-refractivity contribution >= 4 is 29.0 Å². The smallest absolute Gasteiger partial charge is 0.330 e. The molecule has 2 aromatic rings. The van der Waals surface area contributed by atoms with Crippen LogP contribution >= 0.6 is 23.2 Å². The second kappa shape index (κ2) is 5.11. The number of nitrogen functional groups attached to an aromatic ring is 1. The second-order valence-electron chi connectivity index (χ2n) is 4.08. The number of nitrogens with one attached hydrogen (secondary N) is 1. The van der Waals surface area contributed by atoms with Gasteiger partial charge in [0.15, 0.2) is 0 Å². The zero-order valence-electron chi connectivity index (χ0n) is 9.98. The van der Waals surface area contributed by atoms with Crippen LogP contribution in [0.3, 0.4) is 0 Å². The van der Waals surface area contributed by atoms with Crippen LogP contribution in [0.2, 0.25) is 10.0 Å². The Labute approximate surface area is 118 Å². The lowest BCUT2D eigenvalue weighted by Gasteiger charge is -2.18. The molecule has 0 fully saturated rings. The maximum Gasteiger partial charge on any atom is 0.330 e. The van der Waals surface area contributed by atoms with Gasteiger partial charge in [0, 0.05) is 16.1 Å². The molecule has 0 aliphatic carbocycles. The molecule has 19 heavy (non-hydrogen) atoms. The summed E-state index contributed by atoms with van der Waals surface area (Å²) in [7, 11) is 0. The molecule has 1 aromatic carbocycles. The molecule has 1 atom stereocenters. The molecule has 2 rings (SSSR count). The van der Waals surface area contributed by atoms with Gasteiger partial charge in [0.2, 0.25) is 0 Å². The van der Waals surface area contributed by atoms with E-state index in [1.54, 1.807) is 25.1 Å². The van der Waals surface area contributed by atoms with Crippen molar-refractivity contribution in [1.29, 1.82) is 0 Å². The molecule has 100 valence electrons. The van der Waals surface area contributed by atoms with Crippen LogP contribution in [0.1, 0.15) is 18.5 Å². The van der Waals surface area contributed by atoms with Crippen molar-refractivity contribution < 1.29 is 0 Å². The maximum atomic E-state index is 11.8. The molecule has 0 radical (unpaired) electrons. The zero-order chi connectivity index (χ0) is 14.2. The van der Waals surface area contributed by atoms with E-state index in [0.717, 1.165) is 6.07 Å². The first-order valence-corrected chi connectivity index (χ1v) is 6.22. The van der Waals surface area contributed by atoms with Crippen molar-refractivity contribution in [3.8, 4) is 0 Å². The third-order valence-corrected chi connectivity index (χ3v) is 3.37. The van der Waals surface area contributed by atoms with Gasteiger partial charge >= 0.3 is 5.69 Å². The van der Waals surface area contributed by atoms with Crippen molar-refractivity contribution in [3.63, 3.8) is 0 Å². The number of anilines is 1. The number of aromatic nitrogens is 2. The Kier molecular flexibility index (Phi) is 3.68. The van der Waals surface area contributed by atoms with Crippen molar-refractivity contribution in [2.24, 2.45) is 0 Å². The first-order chi connectivity index (χ1) is 8.90. The van der Waals surface area contributed by atoms with Crippen molar-refractivity contribution in [2.45, 2.75) is 13.0 Å². The number of hydrogen-bond donors (Lipinski definition) is 2. The van der Waals surface area contributed by atoms with Crippen LogP contribution in [0.15, 0.2) is 33.9 Å². The van der Waals surface area contributed by atoms with E-state index in [9.17, 15) is 9.59 Å². The Morgan fingerprint density at radius 3 is 2.53 bits per heavy atom. The van der Waals surface area contributed by atoms with Gasteiger partial charge in [-0.15, -0.1) is 0 Å². The monoisotopic (exact) mass is 299 g/mol. The standard InChI is InChI=1S/C12H11Cl2N3O2/c1-6(8-3-2-7(13)4-9(8)14)17-10(15)5-11(18)16-12(17)19/h2-6H,15H2,1H3,(H,16,18,19). The highest BCUT2D eigenvalue weighted by molar-refractivity contribution is 6.35. The molecule has 0 saturated heterocycles. The van der Waals surface area contributed by atoms with Gasteiger partial charge in [-0.3, -0.25) is 14.3 Å². The van der Waals surface area contributed by atoms with Crippen LogP contribution in [-0.4, -0.2) is 9.55 Å². The lowest BCUT2D eigenvalue weighted by molar-refractivity contribution is 0.604. The lowest BCUT2D eigenvalue weighted by Crippen LogP contribution is -2.33. The van der Waals surface area contributed by atoms with E-state index in [0.29, 0.717) is 15.6 Å². The summed E-state index contributed by atoms with van der Waals surface area (Å²) in [5, 5.41) is 0.931. The third-order valence-electron chi connectivity index (χ3n) is 2.81. The summed E-state index contributed by atoms with van der Waals surface area (Å²) in [5.41, 5.74) is 5.29. The molecule has 0 saturated carbocycles. The molecule has 7 heteroatoms. The highest BCUT2D eigenvalue weighted by Crippen LogP contribution is 2.28. The minimum Gasteiger partial charge on any atom is -0.385 e. The fourth-order valence-corrected chi connectivity index (χ4v) is 2.47. The molecule has 1 heterocycles. The predicted molar refractivity (Wildman–Crippen MR) is 76.0 cm³/mol. The van der Waals surface area contributed by atoms with Crippen LogP contribution in [0.25, 0.3) is 0 Å². The van der Waals surface area contributed by atoms with Gasteiger partial charge in [0.05, 0.1) is 6.04 Å². The van der Waals surface area contributed by atoms with Gasteiger partial charge in [0.1, 0.15) is 5.82 Å². The van der Waals surface area contributed by atoms with E-state index in [4.69, 9.17) is 28.9 Å². The number of H-pyrrole nitrogens is 1.